The van der Waals surface area contributed by atoms with Crippen molar-refractivity contribution in [3.8, 4) is 28.3 Å². The van der Waals surface area contributed by atoms with Gasteiger partial charge in [0, 0.05) is 58.2 Å². The molecule has 0 saturated carbocycles. The highest BCUT2D eigenvalue weighted by Gasteiger charge is 2.26. The molecule has 4 heteroatoms. The highest BCUT2D eigenvalue weighted by atomic mass is 32.1. The summed E-state index contributed by atoms with van der Waals surface area (Å²) >= 11 is 1.89. The molecule has 0 spiro atoms. The van der Waals surface area contributed by atoms with Crippen molar-refractivity contribution >= 4 is 85.6 Å². The standard InChI is InChI=1S/C46H27N3S/c1-3-15-28(16-4-1)42-37(27-47-46(48-42)29-17-5-2-6-18-29)49-43-33-22-10-8-20-31(33)30-19-7-9-21-32(30)39(43)41-40-36-25-13-14-26-38(36)50-45(40)35-24-12-11-23-34(35)44(41)49/h1-27H. The van der Waals surface area contributed by atoms with Gasteiger partial charge < -0.3 is 4.57 Å². The fourth-order valence-corrected chi connectivity index (χ4v) is 9.38. The van der Waals surface area contributed by atoms with E-state index in [0.29, 0.717) is 5.82 Å². The Morgan fingerprint density at radius 3 is 1.66 bits per heavy atom. The zero-order valence-electron chi connectivity index (χ0n) is 26.8. The Kier molecular flexibility index (Phi) is 5.83. The zero-order valence-corrected chi connectivity index (χ0v) is 27.7. The van der Waals surface area contributed by atoms with E-state index in [2.05, 4.69) is 144 Å². The summed E-state index contributed by atoms with van der Waals surface area (Å²) in [5, 5.41) is 12.6. The minimum absolute atomic E-state index is 0.709. The Bertz CT molecular complexity index is 3140. The molecule has 0 amide bonds. The first-order valence-corrected chi connectivity index (χ1v) is 17.7. The molecule has 0 aliphatic carbocycles. The number of nitrogens with zero attached hydrogens (tertiary/aromatic N) is 3. The van der Waals surface area contributed by atoms with Crippen LogP contribution in [0.2, 0.25) is 0 Å². The zero-order chi connectivity index (χ0) is 32.8. The van der Waals surface area contributed by atoms with Crippen molar-refractivity contribution in [3.63, 3.8) is 0 Å². The third-order valence-electron chi connectivity index (χ3n) is 10.2. The van der Waals surface area contributed by atoms with E-state index in [-0.39, 0.29) is 0 Å². The summed E-state index contributed by atoms with van der Waals surface area (Å²) in [6.07, 6.45) is 2.05. The maximum absolute atomic E-state index is 5.38. The molecular weight excluding hydrogens is 627 g/mol. The van der Waals surface area contributed by atoms with Crippen molar-refractivity contribution in [1.29, 1.82) is 0 Å². The molecule has 0 fully saturated rings. The van der Waals surface area contributed by atoms with Crippen molar-refractivity contribution in [2.45, 2.75) is 0 Å². The lowest BCUT2D eigenvalue weighted by Gasteiger charge is -2.16. The molecular formula is C46H27N3S. The summed E-state index contributed by atoms with van der Waals surface area (Å²) in [5.41, 5.74) is 6.26. The van der Waals surface area contributed by atoms with E-state index in [1.54, 1.807) is 0 Å². The molecule has 11 rings (SSSR count). The van der Waals surface area contributed by atoms with Gasteiger partial charge in [-0.25, -0.2) is 9.97 Å². The molecule has 232 valence electrons. The number of rotatable bonds is 3. The van der Waals surface area contributed by atoms with Gasteiger partial charge in [-0.3, -0.25) is 0 Å². The third kappa shape index (κ3) is 3.79. The average Bonchev–Trinajstić information content (AvgIpc) is 3.76. The summed E-state index contributed by atoms with van der Waals surface area (Å²) in [7, 11) is 0. The van der Waals surface area contributed by atoms with Gasteiger partial charge in [-0.05, 0) is 22.2 Å². The Balaban J connectivity index is 1.46. The predicted molar refractivity (Wildman–Crippen MR) is 213 cm³/mol. The highest BCUT2D eigenvalue weighted by Crippen LogP contribution is 2.51. The van der Waals surface area contributed by atoms with Crippen molar-refractivity contribution in [1.82, 2.24) is 14.5 Å². The fourth-order valence-electron chi connectivity index (χ4n) is 8.13. The first kappa shape index (κ1) is 27.6. The summed E-state index contributed by atoms with van der Waals surface area (Å²) < 4.78 is 5.11. The van der Waals surface area contributed by atoms with Crippen molar-refractivity contribution in [3.05, 3.63) is 164 Å². The van der Waals surface area contributed by atoms with Crippen molar-refractivity contribution in [2.24, 2.45) is 0 Å². The molecule has 3 heterocycles. The van der Waals surface area contributed by atoms with Crippen molar-refractivity contribution < 1.29 is 0 Å². The quantitative estimate of drug-likeness (QED) is 0.178. The molecule has 0 saturated heterocycles. The summed E-state index contributed by atoms with van der Waals surface area (Å²) in [6.45, 7) is 0. The van der Waals surface area contributed by atoms with Gasteiger partial charge in [0.25, 0.3) is 0 Å². The second kappa shape index (κ2) is 10.6. The molecule has 0 aliphatic heterocycles. The molecule has 8 aromatic carbocycles. The first-order valence-electron chi connectivity index (χ1n) is 16.9. The summed E-state index contributed by atoms with van der Waals surface area (Å²) in [6, 6.07) is 56.4. The first-order chi connectivity index (χ1) is 24.8. The molecule has 0 radical (unpaired) electrons. The topological polar surface area (TPSA) is 30.7 Å². The normalized spacial score (nSPS) is 12.0. The van der Waals surface area contributed by atoms with Crippen LogP contribution >= 0.6 is 11.3 Å². The van der Waals surface area contributed by atoms with E-state index in [0.717, 1.165) is 22.5 Å². The second-order valence-electron chi connectivity index (χ2n) is 12.9. The Labute approximate surface area is 291 Å². The molecule has 0 N–H and O–H groups in total. The second-order valence-corrected chi connectivity index (χ2v) is 13.9. The average molecular weight is 654 g/mol. The van der Waals surface area contributed by atoms with Gasteiger partial charge in [0.15, 0.2) is 5.82 Å². The predicted octanol–water partition coefficient (Wildman–Crippen LogP) is 12.7. The fraction of sp³-hybridized carbons (Fsp3) is 0. The molecule has 0 bridgehead atoms. The number of aromatic nitrogens is 3. The van der Waals surface area contributed by atoms with Crippen LogP contribution in [0.1, 0.15) is 0 Å². The van der Waals surface area contributed by atoms with Gasteiger partial charge in [-0.2, -0.15) is 0 Å². The van der Waals surface area contributed by atoms with E-state index >= 15 is 0 Å². The number of hydrogen-bond acceptors (Lipinski definition) is 3. The number of benzene rings is 8. The lowest BCUT2D eigenvalue weighted by atomic mass is 9.94. The van der Waals surface area contributed by atoms with Gasteiger partial charge in [-0.15, -0.1) is 11.3 Å². The highest BCUT2D eigenvalue weighted by molar-refractivity contribution is 7.27. The monoisotopic (exact) mass is 653 g/mol. The molecule has 11 aromatic rings. The van der Waals surface area contributed by atoms with E-state index in [1.807, 2.05) is 35.7 Å². The van der Waals surface area contributed by atoms with Gasteiger partial charge in [0.05, 0.1) is 28.6 Å². The molecule has 50 heavy (non-hydrogen) atoms. The largest absolute Gasteiger partial charge is 0.304 e. The third-order valence-corrected chi connectivity index (χ3v) is 11.4. The van der Waals surface area contributed by atoms with Crippen LogP contribution in [-0.4, -0.2) is 14.5 Å². The number of fused-ring (bicyclic) bond motifs is 15. The summed E-state index contributed by atoms with van der Waals surface area (Å²) in [5.74, 6) is 0.709. The van der Waals surface area contributed by atoms with Crippen LogP contribution in [0.15, 0.2) is 164 Å². The smallest absolute Gasteiger partial charge is 0.159 e. The van der Waals surface area contributed by atoms with Crippen LogP contribution in [0, 0.1) is 0 Å². The Hall–Kier alpha value is -6.36. The number of thiophene rings is 1. The van der Waals surface area contributed by atoms with Crippen molar-refractivity contribution in [2.75, 3.05) is 0 Å². The van der Waals surface area contributed by atoms with Crippen LogP contribution in [-0.2, 0) is 0 Å². The van der Waals surface area contributed by atoms with E-state index < -0.39 is 0 Å². The Morgan fingerprint density at radius 2 is 0.940 bits per heavy atom. The SMILES string of the molecule is c1ccc(-c2ncc(-n3c4c5ccccc5c5ccccc5c4c4c5c6ccccc6sc5c5ccccc5c43)c(-c3ccccc3)n2)cc1. The van der Waals surface area contributed by atoms with Crippen LogP contribution in [0.5, 0.6) is 0 Å². The number of hydrogen-bond donors (Lipinski definition) is 0. The van der Waals surface area contributed by atoms with Crippen LogP contribution in [0.4, 0.5) is 0 Å². The van der Waals surface area contributed by atoms with E-state index in [9.17, 15) is 0 Å². The molecule has 3 aromatic heterocycles. The Morgan fingerprint density at radius 1 is 0.420 bits per heavy atom. The van der Waals surface area contributed by atoms with Crippen LogP contribution < -0.4 is 0 Å². The van der Waals surface area contributed by atoms with Gasteiger partial charge in [0.2, 0.25) is 0 Å². The lowest BCUT2D eigenvalue weighted by molar-refractivity contribution is 1.09. The maximum atomic E-state index is 5.38. The van der Waals surface area contributed by atoms with Crippen LogP contribution in [0.25, 0.3) is 103 Å². The van der Waals surface area contributed by atoms with Gasteiger partial charge >= 0.3 is 0 Å². The van der Waals surface area contributed by atoms with E-state index in [1.165, 1.54) is 74.3 Å². The molecule has 0 unspecified atom stereocenters. The molecule has 0 aliphatic rings. The van der Waals surface area contributed by atoms with Gasteiger partial charge in [-0.1, -0.05) is 152 Å². The van der Waals surface area contributed by atoms with Crippen LogP contribution in [0.3, 0.4) is 0 Å². The molecule has 3 nitrogen and oxygen atoms in total. The molecule has 0 atom stereocenters. The maximum Gasteiger partial charge on any atom is 0.159 e. The van der Waals surface area contributed by atoms with Gasteiger partial charge in [0.1, 0.15) is 0 Å². The van der Waals surface area contributed by atoms with E-state index in [4.69, 9.17) is 9.97 Å². The minimum Gasteiger partial charge on any atom is -0.304 e. The summed E-state index contributed by atoms with van der Waals surface area (Å²) in [4.78, 5) is 10.5. The minimum atomic E-state index is 0.709. The lowest BCUT2D eigenvalue weighted by Crippen LogP contribution is -2.03.